The van der Waals surface area contributed by atoms with Gasteiger partial charge in [-0.25, -0.2) is 4.98 Å². The van der Waals surface area contributed by atoms with Crippen molar-refractivity contribution in [1.82, 2.24) is 15.2 Å². The van der Waals surface area contributed by atoms with Gasteiger partial charge in [-0.15, -0.1) is 0 Å². The molecule has 0 radical (unpaired) electrons. The van der Waals surface area contributed by atoms with Gasteiger partial charge in [-0.2, -0.15) is 0 Å². The van der Waals surface area contributed by atoms with Crippen LogP contribution in [0.1, 0.15) is 16.8 Å². The lowest BCUT2D eigenvalue weighted by atomic mass is 10.2. The molecule has 1 aliphatic heterocycles. The van der Waals surface area contributed by atoms with Gasteiger partial charge in [0.15, 0.2) is 0 Å². The van der Waals surface area contributed by atoms with Gasteiger partial charge in [0.25, 0.3) is 5.91 Å². The molecule has 0 unspecified atom stereocenters. The van der Waals surface area contributed by atoms with E-state index in [1.54, 1.807) is 17.0 Å². The quantitative estimate of drug-likeness (QED) is 0.780. The van der Waals surface area contributed by atoms with Crippen molar-refractivity contribution in [2.75, 3.05) is 19.6 Å². The summed E-state index contributed by atoms with van der Waals surface area (Å²) in [6.45, 7) is 1.51. The Hall–Kier alpha value is -1.43. The highest BCUT2D eigenvalue weighted by Crippen LogP contribution is 2.09. The molecule has 90 valence electrons. The van der Waals surface area contributed by atoms with Crippen LogP contribution in [0.15, 0.2) is 22.9 Å². The molecule has 1 aromatic rings. The third-order valence-corrected chi connectivity index (χ3v) is 3.04. The normalized spacial score (nSPS) is 16.3. The van der Waals surface area contributed by atoms with Crippen LogP contribution in [-0.4, -0.2) is 41.3 Å². The number of rotatable bonds is 1. The lowest BCUT2D eigenvalue weighted by Crippen LogP contribution is -2.34. The summed E-state index contributed by atoms with van der Waals surface area (Å²) in [5.41, 5.74) is 0.544. The van der Waals surface area contributed by atoms with Crippen LogP contribution < -0.4 is 5.32 Å². The van der Waals surface area contributed by atoms with Gasteiger partial charge in [0.05, 0.1) is 5.56 Å². The third-order valence-electron chi connectivity index (χ3n) is 2.57. The lowest BCUT2D eigenvalue weighted by Gasteiger charge is -2.19. The van der Waals surface area contributed by atoms with Crippen molar-refractivity contribution in [3.05, 3.63) is 28.5 Å². The van der Waals surface area contributed by atoms with E-state index in [1.165, 1.54) is 6.20 Å². The lowest BCUT2D eigenvalue weighted by molar-refractivity contribution is -0.120. The van der Waals surface area contributed by atoms with Gasteiger partial charge in [0.2, 0.25) is 5.91 Å². The largest absolute Gasteiger partial charge is 0.354 e. The standard InChI is InChI=1S/C11H12BrN3O2/c12-9-2-1-8(7-14-9)11(17)15-5-3-10(16)13-4-6-15/h1-2,7H,3-6H2,(H,13,16). The Bertz CT molecular complexity index is 433. The second-order valence-corrected chi connectivity index (χ2v) is 4.57. The molecule has 2 heterocycles. The Labute approximate surface area is 107 Å². The third kappa shape index (κ3) is 3.03. The van der Waals surface area contributed by atoms with E-state index in [4.69, 9.17) is 0 Å². The molecular formula is C11H12BrN3O2. The summed E-state index contributed by atoms with van der Waals surface area (Å²) in [4.78, 5) is 29.0. The number of pyridine rings is 1. The van der Waals surface area contributed by atoms with E-state index in [0.29, 0.717) is 36.2 Å². The van der Waals surface area contributed by atoms with E-state index in [-0.39, 0.29) is 11.8 Å². The predicted molar refractivity (Wildman–Crippen MR) is 65.5 cm³/mol. The van der Waals surface area contributed by atoms with Crippen LogP contribution in [0.25, 0.3) is 0 Å². The number of nitrogens with one attached hydrogen (secondary N) is 1. The SMILES string of the molecule is O=C1CCN(C(=O)c2ccc(Br)nc2)CCN1. The molecule has 0 bridgehead atoms. The van der Waals surface area contributed by atoms with E-state index >= 15 is 0 Å². The zero-order valence-electron chi connectivity index (χ0n) is 9.15. The van der Waals surface area contributed by atoms with Crippen molar-refractivity contribution >= 4 is 27.7 Å². The average Bonchev–Trinajstić information content (AvgIpc) is 2.54. The maximum atomic E-state index is 12.1. The first-order valence-electron chi connectivity index (χ1n) is 5.34. The molecule has 0 aromatic carbocycles. The Kier molecular flexibility index (Phi) is 3.73. The monoisotopic (exact) mass is 297 g/mol. The number of aromatic nitrogens is 1. The second-order valence-electron chi connectivity index (χ2n) is 3.76. The van der Waals surface area contributed by atoms with E-state index in [0.717, 1.165) is 0 Å². The molecule has 5 nitrogen and oxygen atoms in total. The molecule has 1 aromatic heterocycles. The van der Waals surface area contributed by atoms with Crippen LogP contribution in [-0.2, 0) is 4.79 Å². The Morgan fingerprint density at radius 1 is 1.41 bits per heavy atom. The van der Waals surface area contributed by atoms with E-state index in [2.05, 4.69) is 26.2 Å². The van der Waals surface area contributed by atoms with Crippen LogP contribution in [0.5, 0.6) is 0 Å². The molecule has 0 atom stereocenters. The zero-order chi connectivity index (χ0) is 12.3. The molecule has 0 spiro atoms. The van der Waals surface area contributed by atoms with Gasteiger partial charge >= 0.3 is 0 Å². The van der Waals surface area contributed by atoms with E-state index in [1.807, 2.05) is 0 Å². The van der Waals surface area contributed by atoms with Gasteiger partial charge in [-0.1, -0.05) is 0 Å². The average molecular weight is 298 g/mol. The molecule has 2 amide bonds. The summed E-state index contributed by atoms with van der Waals surface area (Å²) in [7, 11) is 0. The molecule has 0 aliphatic carbocycles. The van der Waals surface area contributed by atoms with Gasteiger partial charge in [-0.3, -0.25) is 9.59 Å². The van der Waals surface area contributed by atoms with Crippen LogP contribution >= 0.6 is 15.9 Å². The minimum Gasteiger partial charge on any atom is -0.354 e. The molecule has 1 N–H and O–H groups in total. The summed E-state index contributed by atoms with van der Waals surface area (Å²) in [5.74, 6) is -0.0873. The van der Waals surface area contributed by atoms with E-state index < -0.39 is 0 Å². The Balaban J connectivity index is 2.08. The number of halogens is 1. The molecule has 1 saturated heterocycles. The van der Waals surface area contributed by atoms with Crippen LogP contribution in [0.3, 0.4) is 0 Å². The summed E-state index contributed by atoms with van der Waals surface area (Å²) in [6, 6.07) is 3.45. The number of hydrogen-bond acceptors (Lipinski definition) is 3. The number of hydrogen-bond donors (Lipinski definition) is 1. The number of carbonyl (C=O) groups is 2. The van der Waals surface area contributed by atoms with Gasteiger partial charge in [0.1, 0.15) is 4.60 Å². The van der Waals surface area contributed by atoms with Gasteiger partial charge < -0.3 is 10.2 Å². The molecule has 0 saturated carbocycles. The zero-order valence-corrected chi connectivity index (χ0v) is 10.7. The summed E-state index contributed by atoms with van der Waals surface area (Å²) >= 11 is 3.22. The number of nitrogens with zero attached hydrogens (tertiary/aromatic N) is 2. The maximum absolute atomic E-state index is 12.1. The second kappa shape index (κ2) is 5.27. The molecule has 17 heavy (non-hydrogen) atoms. The first-order valence-corrected chi connectivity index (χ1v) is 6.13. The first kappa shape index (κ1) is 12.0. The van der Waals surface area contributed by atoms with Crippen molar-refractivity contribution in [2.45, 2.75) is 6.42 Å². The van der Waals surface area contributed by atoms with Crippen molar-refractivity contribution < 1.29 is 9.59 Å². The van der Waals surface area contributed by atoms with Crippen molar-refractivity contribution in [1.29, 1.82) is 0 Å². The number of carbonyl (C=O) groups excluding carboxylic acids is 2. The predicted octanol–water partition coefficient (Wildman–Crippen LogP) is 0.806. The van der Waals surface area contributed by atoms with Crippen LogP contribution in [0.2, 0.25) is 0 Å². The summed E-state index contributed by atoms with van der Waals surface area (Å²) < 4.78 is 0.696. The Morgan fingerprint density at radius 2 is 2.24 bits per heavy atom. The molecular weight excluding hydrogens is 286 g/mol. The highest BCUT2D eigenvalue weighted by Gasteiger charge is 2.19. The molecule has 2 rings (SSSR count). The smallest absolute Gasteiger partial charge is 0.255 e. The minimum atomic E-state index is -0.0819. The van der Waals surface area contributed by atoms with Gasteiger partial charge in [0, 0.05) is 32.3 Å². The highest BCUT2D eigenvalue weighted by molar-refractivity contribution is 9.10. The Morgan fingerprint density at radius 3 is 2.94 bits per heavy atom. The first-order chi connectivity index (χ1) is 8.16. The molecule has 1 aliphatic rings. The minimum absolute atomic E-state index is 0.00534. The fourth-order valence-corrected chi connectivity index (χ4v) is 1.89. The van der Waals surface area contributed by atoms with Crippen molar-refractivity contribution in [3.63, 3.8) is 0 Å². The van der Waals surface area contributed by atoms with Crippen LogP contribution in [0, 0.1) is 0 Å². The molecule has 6 heteroatoms. The summed E-state index contributed by atoms with van der Waals surface area (Å²) in [5, 5.41) is 2.73. The van der Waals surface area contributed by atoms with E-state index in [9.17, 15) is 9.59 Å². The maximum Gasteiger partial charge on any atom is 0.255 e. The number of amides is 2. The summed E-state index contributed by atoms with van der Waals surface area (Å²) in [6.07, 6.45) is 1.89. The van der Waals surface area contributed by atoms with Crippen molar-refractivity contribution in [3.8, 4) is 0 Å². The van der Waals surface area contributed by atoms with Crippen LogP contribution in [0.4, 0.5) is 0 Å². The highest BCUT2D eigenvalue weighted by atomic mass is 79.9. The topological polar surface area (TPSA) is 62.3 Å². The fourth-order valence-electron chi connectivity index (χ4n) is 1.65. The van der Waals surface area contributed by atoms with Gasteiger partial charge in [-0.05, 0) is 28.1 Å². The molecule has 1 fully saturated rings. The fraction of sp³-hybridized carbons (Fsp3) is 0.364. The van der Waals surface area contributed by atoms with Crippen molar-refractivity contribution in [2.24, 2.45) is 0 Å².